The van der Waals surface area contributed by atoms with Crippen LogP contribution in [-0.2, 0) is 5.75 Å². The molecule has 0 saturated heterocycles. The Kier molecular flexibility index (Phi) is 4.79. The molecule has 1 aliphatic carbocycles. The lowest BCUT2D eigenvalue weighted by Crippen LogP contribution is -2.26. The zero-order valence-electron chi connectivity index (χ0n) is 16.2. The number of nitrogens with zero attached hydrogens (tertiary/aromatic N) is 4. The molecule has 0 bridgehead atoms. The molecular formula is C20H20N4O3S2. The van der Waals surface area contributed by atoms with Crippen molar-refractivity contribution in [3.8, 4) is 11.7 Å². The summed E-state index contributed by atoms with van der Waals surface area (Å²) in [6.07, 6.45) is 5.91. The highest BCUT2D eigenvalue weighted by molar-refractivity contribution is 7.98. The first kappa shape index (κ1) is 18.6. The van der Waals surface area contributed by atoms with Gasteiger partial charge in [0.25, 0.3) is 11.4 Å². The second-order valence-electron chi connectivity index (χ2n) is 7.25. The Morgan fingerprint density at radius 1 is 1.28 bits per heavy atom. The van der Waals surface area contributed by atoms with Gasteiger partial charge in [0.05, 0.1) is 17.4 Å². The number of furan rings is 1. The fourth-order valence-electron chi connectivity index (χ4n) is 3.82. The van der Waals surface area contributed by atoms with E-state index in [1.54, 1.807) is 29.7 Å². The van der Waals surface area contributed by atoms with Crippen LogP contribution in [0.25, 0.3) is 21.9 Å². The molecule has 0 aliphatic heterocycles. The molecule has 1 aliphatic rings. The van der Waals surface area contributed by atoms with E-state index in [-0.39, 0.29) is 11.6 Å². The second kappa shape index (κ2) is 7.46. The van der Waals surface area contributed by atoms with E-state index in [9.17, 15) is 4.79 Å². The van der Waals surface area contributed by atoms with E-state index in [4.69, 9.17) is 13.9 Å². The topological polar surface area (TPSA) is 86.9 Å². The zero-order chi connectivity index (χ0) is 20.0. The molecule has 0 aromatic carbocycles. The van der Waals surface area contributed by atoms with E-state index in [1.165, 1.54) is 11.8 Å². The van der Waals surface area contributed by atoms with Gasteiger partial charge >= 0.3 is 0 Å². The molecule has 9 heteroatoms. The van der Waals surface area contributed by atoms with E-state index in [1.807, 2.05) is 18.4 Å². The van der Waals surface area contributed by atoms with Crippen LogP contribution in [-0.4, -0.2) is 19.7 Å². The summed E-state index contributed by atoms with van der Waals surface area (Å²) in [6, 6.07) is 3.77. The Morgan fingerprint density at radius 2 is 2.10 bits per heavy atom. The van der Waals surface area contributed by atoms with Crippen LogP contribution in [0, 0.1) is 13.8 Å². The van der Waals surface area contributed by atoms with Gasteiger partial charge in [-0.05, 0) is 44.4 Å². The largest absolute Gasteiger partial charge is 0.459 e. The third-order valence-electron chi connectivity index (χ3n) is 5.42. The number of thioether (sulfide) groups is 1. The molecule has 5 rings (SSSR count). The lowest BCUT2D eigenvalue weighted by Gasteiger charge is -2.17. The molecule has 0 N–H and O–H groups in total. The summed E-state index contributed by atoms with van der Waals surface area (Å²) >= 11 is 3.07. The van der Waals surface area contributed by atoms with Crippen molar-refractivity contribution in [1.29, 1.82) is 0 Å². The Morgan fingerprint density at radius 3 is 2.86 bits per heavy atom. The van der Waals surface area contributed by atoms with E-state index in [0.717, 1.165) is 51.5 Å². The van der Waals surface area contributed by atoms with Crippen LogP contribution < -0.4 is 5.56 Å². The maximum absolute atomic E-state index is 13.4. The van der Waals surface area contributed by atoms with Crippen molar-refractivity contribution in [3.05, 3.63) is 45.0 Å². The molecule has 0 atom stereocenters. The number of hydrogen-bond donors (Lipinski definition) is 0. The monoisotopic (exact) mass is 428 g/mol. The second-order valence-corrected chi connectivity index (χ2v) is 9.40. The fourth-order valence-corrected chi connectivity index (χ4v) is 5.80. The van der Waals surface area contributed by atoms with E-state index >= 15 is 0 Å². The fraction of sp³-hybridized carbons (Fsp3) is 0.400. The molecule has 0 radical (unpaired) electrons. The molecule has 7 nitrogen and oxygen atoms in total. The molecule has 4 aromatic rings. The number of rotatable bonds is 5. The van der Waals surface area contributed by atoms with Crippen LogP contribution in [0.4, 0.5) is 0 Å². The van der Waals surface area contributed by atoms with Crippen molar-refractivity contribution in [2.45, 2.75) is 56.5 Å². The highest BCUT2D eigenvalue weighted by Crippen LogP contribution is 2.35. The number of thiophene rings is 1. The Labute approximate surface area is 175 Å². The Balaban J connectivity index is 1.50. The van der Waals surface area contributed by atoms with E-state index in [0.29, 0.717) is 23.2 Å². The van der Waals surface area contributed by atoms with Gasteiger partial charge in [-0.3, -0.25) is 9.36 Å². The van der Waals surface area contributed by atoms with Crippen molar-refractivity contribution in [2.24, 2.45) is 0 Å². The van der Waals surface area contributed by atoms with Gasteiger partial charge in [0.2, 0.25) is 0 Å². The van der Waals surface area contributed by atoms with Gasteiger partial charge < -0.3 is 8.94 Å². The predicted octanol–water partition coefficient (Wildman–Crippen LogP) is 5.13. The van der Waals surface area contributed by atoms with Crippen LogP contribution in [0.15, 0.2) is 37.3 Å². The van der Waals surface area contributed by atoms with Crippen LogP contribution in [0.1, 0.15) is 48.0 Å². The van der Waals surface area contributed by atoms with Crippen LogP contribution in [0.5, 0.6) is 0 Å². The standard InChI is InChI=1S/C20H20N4O3S2/c1-11-12(2)29-18-16(11)19(25)24(13-6-3-4-7-13)20(22-18)28-10-15-21-17(27-23-15)14-8-5-9-26-14/h5,8-9,13H,3-4,6-7,10H2,1-2H3. The first-order valence-electron chi connectivity index (χ1n) is 9.63. The van der Waals surface area contributed by atoms with Gasteiger partial charge in [-0.1, -0.05) is 29.8 Å². The number of hydrogen-bond acceptors (Lipinski definition) is 8. The third-order valence-corrected chi connectivity index (χ3v) is 7.47. The molecule has 4 heterocycles. The number of aryl methyl sites for hydroxylation is 2. The predicted molar refractivity (Wildman–Crippen MR) is 112 cm³/mol. The van der Waals surface area contributed by atoms with Crippen LogP contribution >= 0.6 is 23.1 Å². The van der Waals surface area contributed by atoms with Crippen molar-refractivity contribution in [1.82, 2.24) is 19.7 Å². The van der Waals surface area contributed by atoms with Crippen molar-refractivity contribution >= 4 is 33.3 Å². The molecule has 150 valence electrons. The van der Waals surface area contributed by atoms with Gasteiger partial charge in [-0.15, -0.1) is 11.3 Å². The smallest absolute Gasteiger partial charge is 0.293 e. The number of fused-ring (bicyclic) bond motifs is 1. The zero-order valence-corrected chi connectivity index (χ0v) is 17.8. The molecule has 1 saturated carbocycles. The third kappa shape index (κ3) is 3.32. The first-order chi connectivity index (χ1) is 14.1. The minimum Gasteiger partial charge on any atom is -0.459 e. The lowest BCUT2D eigenvalue weighted by molar-refractivity contribution is 0.411. The summed E-state index contributed by atoms with van der Waals surface area (Å²) in [5.41, 5.74) is 1.13. The maximum Gasteiger partial charge on any atom is 0.293 e. The van der Waals surface area contributed by atoms with Gasteiger partial charge in [0.15, 0.2) is 16.7 Å². The quantitative estimate of drug-likeness (QED) is 0.322. The van der Waals surface area contributed by atoms with Crippen molar-refractivity contribution in [2.75, 3.05) is 0 Å². The van der Waals surface area contributed by atoms with Crippen molar-refractivity contribution < 1.29 is 8.94 Å². The molecule has 0 unspecified atom stereocenters. The van der Waals surface area contributed by atoms with Crippen LogP contribution in [0.2, 0.25) is 0 Å². The minimum absolute atomic E-state index is 0.0793. The summed E-state index contributed by atoms with van der Waals surface area (Å²) in [7, 11) is 0. The summed E-state index contributed by atoms with van der Waals surface area (Å²) < 4.78 is 12.5. The average molecular weight is 429 g/mol. The molecular weight excluding hydrogens is 408 g/mol. The molecule has 29 heavy (non-hydrogen) atoms. The molecule has 4 aromatic heterocycles. The van der Waals surface area contributed by atoms with E-state index in [2.05, 4.69) is 10.1 Å². The van der Waals surface area contributed by atoms with Gasteiger partial charge in [0, 0.05) is 10.9 Å². The minimum atomic E-state index is 0.0793. The highest BCUT2D eigenvalue weighted by atomic mass is 32.2. The van der Waals surface area contributed by atoms with Gasteiger partial charge in [0.1, 0.15) is 4.83 Å². The molecule has 1 fully saturated rings. The summed E-state index contributed by atoms with van der Waals surface area (Å²) in [5, 5.41) is 5.54. The molecule has 0 amide bonds. The van der Waals surface area contributed by atoms with Crippen LogP contribution in [0.3, 0.4) is 0 Å². The van der Waals surface area contributed by atoms with Gasteiger partial charge in [-0.25, -0.2) is 4.98 Å². The SMILES string of the molecule is Cc1sc2nc(SCc3noc(-c4ccco4)n3)n(C3CCCC3)c(=O)c2c1C. The summed E-state index contributed by atoms with van der Waals surface area (Å²) in [6.45, 7) is 4.06. The molecule has 0 spiro atoms. The van der Waals surface area contributed by atoms with Crippen molar-refractivity contribution in [3.63, 3.8) is 0 Å². The first-order valence-corrected chi connectivity index (χ1v) is 11.4. The van der Waals surface area contributed by atoms with Gasteiger partial charge in [-0.2, -0.15) is 4.98 Å². The summed E-state index contributed by atoms with van der Waals surface area (Å²) in [5.74, 6) is 1.91. The summed E-state index contributed by atoms with van der Waals surface area (Å²) in [4.78, 5) is 24.6. The average Bonchev–Trinajstić information content (AvgIpc) is 3.49. The Bertz CT molecular complexity index is 1220. The normalized spacial score (nSPS) is 15.0. The lowest BCUT2D eigenvalue weighted by atomic mass is 10.2. The highest BCUT2D eigenvalue weighted by Gasteiger charge is 2.25. The maximum atomic E-state index is 13.4. The Hall–Kier alpha value is -2.39. The number of aromatic nitrogens is 4. The van der Waals surface area contributed by atoms with E-state index < -0.39 is 0 Å².